The van der Waals surface area contributed by atoms with E-state index in [1.807, 2.05) is 0 Å². The van der Waals surface area contributed by atoms with E-state index < -0.39 is 12.1 Å². The average Bonchev–Trinajstić information content (AvgIpc) is 3.34. The van der Waals surface area contributed by atoms with Gasteiger partial charge in [0, 0.05) is 12.8 Å². The number of hydrogen-bond acceptors (Lipinski definition) is 5. The first-order valence-electron chi connectivity index (χ1n) is 30.2. The van der Waals surface area contributed by atoms with Crippen LogP contribution in [-0.2, 0) is 14.3 Å². The smallest absolute Gasteiger partial charge is 0.305 e. The highest BCUT2D eigenvalue weighted by Gasteiger charge is 2.20. The van der Waals surface area contributed by atoms with Crippen LogP contribution in [0.4, 0.5) is 0 Å². The van der Waals surface area contributed by atoms with E-state index in [1.165, 1.54) is 231 Å². The Morgan fingerprint density at radius 3 is 1.18 bits per heavy atom. The van der Waals surface area contributed by atoms with Gasteiger partial charge < -0.3 is 20.3 Å². The Hall–Kier alpha value is -1.92. The minimum Gasteiger partial charge on any atom is -0.466 e. The molecule has 1 amide bonds. The summed E-state index contributed by atoms with van der Waals surface area (Å²) < 4.78 is 5.45. The lowest BCUT2D eigenvalue weighted by molar-refractivity contribution is -0.143. The normalized spacial score (nSPS) is 12.8. The Morgan fingerprint density at radius 2 is 0.750 bits per heavy atom. The fourth-order valence-corrected chi connectivity index (χ4v) is 9.24. The third-order valence-electron chi connectivity index (χ3n) is 13.9. The van der Waals surface area contributed by atoms with Crippen molar-refractivity contribution < 1.29 is 24.5 Å². The van der Waals surface area contributed by atoms with Crippen molar-refractivity contribution in [2.24, 2.45) is 0 Å². The molecule has 0 fully saturated rings. The number of rotatable bonds is 56. The lowest BCUT2D eigenvalue weighted by Crippen LogP contribution is -2.45. The number of esters is 1. The molecular formula is C62H117NO5. The SMILES string of the molecule is CCCC/C=C\CCCCCCCC(=O)OCCCCCCCCCCC/C=C\C/C=C\CCCCCCCCCC(=O)NC(CO)C(O)CCCCCCCCCCCCCCCCCCC. The van der Waals surface area contributed by atoms with Gasteiger partial charge in [-0.2, -0.15) is 0 Å². The zero-order valence-corrected chi connectivity index (χ0v) is 45.6. The van der Waals surface area contributed by atoms with Gasteiger partial charge in [0.05, 0.1) is 25.4 Å². The number of allylic oxidation sites excluding steroid dienone is 6. The average molecular weight is 957 g/mol. The molecule has 2 unspecified atom stereocenters. The minimum atomic E-state index is -0.671. The number of hydrogen-bond donors (Lipinski definition) is 3. The summed E-state index contributed by atoms with van der Waals surface area (Å²) in [6.45, 7) is 4.92. The van der Waals surface area contributed by atoms with Crippen molar-refractivity contribution in [1.82, 2.24) is 5.32 Å². The van der Waals surface area contributed by atoms with Crippen molar-refractivity contribution in [3.63, 3.8) is 0 Å². The molecule has 0 aliphatic carbocycles. The van der Waals surface area contributed by atoms with Crippen LogP contribution in [0, 0.1) is 0 Å². The van der Waals surface area contributed by atoms with Crippen LogP contribution < -0.4 is 5.32 Å². The molecule has 0 saturated heterocycles. The molecule has 6 nitrogen and oxygen atoms in total. The molecule has 3 N–H and O–H groups in total. The van der Waals surface area contributed by atoms with Gasteiger partial charge in [-0.15, -0.1) is 0 Å². The van der Waals surface area contributed by atoms with E-state index in [9.17, 15) is 19.8 Å². The van der Waals surface area contributed by atoms with Crippen molar-refractivity contribution in [1.29, 1.82) is 0 Å². The maximum absolute atomic E-state index is 12.5. The molecule has 6 heteroatoms. The Kier molecular flexibility index (Phi) is 56.0. The van der Waals surface area contributed by atoms with Gasteiger partial charge >= 0.3 is 5.97 Å². The Bertz CT molecular complexity index is 1100. The summed E-state index contributed by atoms with van der Waals surface area (Å²) in [5.41, 5.74) is 0. The molecule has 0 saturated carbocycles. The molecule has 68 heavy (non-hydrogen) atoms. The van der Waals surface area contributed by atoms with Gasteiger partial charge in [-0.1, -0.05) is 269 Å². The van der Waals surface area contributed by atoms with Crippen LogP contribution in [0.25, 0.3) is 0 Å². The highest BCUT2D eigenvalue weighted by Crippen LogP contribution is 2.17. The van der Waals surface area contributed by atoms with Crippen molar-refractivity contribution in [2.75, 3.05) is 13.2 Å². The molecule has 400 valence electrons. The van der Waals surface area contributed by atoms with Crippen LogP contribution in [0.5, 0.6) is 0 Å². The second kappa shape index (κ2) is 57.7. The largest absolute Gasteiger partial charge is 0.466 e. The van der Waals surface area contributed by atoms with E-state index >= 15 is 0 Å². The van der Waals surface area contributed by atoms with Crippen molar-refractivity contribution in [3.05, 3.63) is 36.5 Å². The Morgan fingerprint density at radius 1 is 0.412 bits per heavy atom. The van der Waals surface area contributed by atoms with E-state index in [0.29, 0.717) is 25.9 Å². The zero-order valence-electron chi connectivity index (χ0n) is 45.6. The zero-order chi connectivity index (χ0) is 49.3. The molecule has 0 bridgehead atoms. The summed E-state index contributed by atoms with van der Waals surface area (Å²) in [7, 11) is 0. The van der Waals surface area contributed by atoms with Gasteiger partial charge in [0.2, 0.25) is 5.91 Å². The summed E-state index contributed by atoms with van der Waals surface area (Å²) >= 11 is 0. The maximum atomic E-state index is 12.5. The molecule has 0 heterocycles. The van der Waals surface area contributed by atoms with Crippen LogP contribution in [-0.4, -0.2) is 47.4 Å². The Balaban J connectivity index is 3.46. The van der Waals surface area contributed by atoms with E-state index in [1.54, 1.807) is 0 Å². The molecular weight excluding hydrogens is 839 g/mol. The number of ether oxygens (including phenoxy) is 1. The number of carbonyl (C=O) groups excluding carboxylic acids is 2. The number of amides is 1. The standard InChI is InChI=1S/C62H117NO5/c1-3-5-7-9-11-13-15-16-17-25-28-31-35-38-42-46-50-54-60(65)59(58-64)63-61(66)55-51-47-43-39-36-32-29-26-23-21-19-18-20-22-24-27-30-33-37-41-45-49-53-57-68-62(67)56-52-48-44-40-34-14-12-10-8-6-4-2/h10,12,18,20-21,23,59-60,64-65H,3-9,11,13-17,19,22,24-58H2,1-2H3,(H,63,66)/b12-10-,20-18-,23-21-. The molecule has 0 aliphatic rings. The number of aliphatic hydroxyl groups excluding tert-OH is 2. The first-order chi connectivity index (χ1) is 33.5. The maximum Gasteiger partial charge on any atom is 0.305 e. The first kappa shape index (κ1) is 66.1. The van der Waals surface area contributed by atoms with Gasteiger partial charge in [0.1, 0.15) is 0 Å². The predicted octanol–water partition coefficient (Wildman–Crippen LogP) is 18.8. The van der Waals surface area contributed by atoms with E-state index in [2.05, 4.69) is 55.6 Å². The minimum absolute atomic E-state index is 0.00412. The van der Waals surface area contributed by atoms with Gasteiger partial charge in [-0.25, -0.2) is 0 Å². The lowest BCUT2D eigenvalue weighted by Gasteiger charge is -2.22. The first-order valence-corrected chi connectivity index (χ1v) is 30.2. The van der Waals surface area contributed by atoms with Gasteiger partial charge in [-0.3, -0.25) is 9.59 Å². The third kappa shape index (κ3) is 53.4. The van der Waals surface area contributed by atoms with Crippen LogP contribution in [0.3, 0.4) is 0 Å². The molecule has 0 rings (SSSR count). The molecule has 0 aromatic carbocycles. The Labute approximate surface area is 424 Å². The molecule has 0 radical (unpaired) electrons. The summed E-state index contributed by atoms with van der Waals surface area (Å²) in [6.07, 6.45) is 71.5. The van der Waals surface area contributed by atoms with Crippen LogP contribution in [0.15, 0.2) is 36.5 Å². The number of aliphatic hydroxyl groups is 2. The van der Waals surface area contributed by atoms with Gasteiger partial charge in [0.15, 0.2) is 0 Å². The van der Waals surface area contributed by atoms with Crippen molar-refractivity contribution in [3.8, 4) is 0 Å². The molecule has 0 aromatic heterocycles. The summed E-state index contributed by atoms with van der Waals surface area (Å²) in [5, 5.41) is 23.3. The number of unbranched alkanes of at least 4 members (excludes halogenated alkanes) is 39. The van der Waals surface area contributed by atoms with Crippen molar-refractivity contribution in [2.45, 2.75) is 334 Å². The molecule has 2 atom stereocenters. The highest BCUT2D eigenvalue weighted by molar-refractivity contribution is 5.76. The topological polar surface area (TPSA) is 95.9 Å². The lowest BCUT2D eigenvalue weighted by atomic mass is 10.0. The quantitative estimate of drug-likeness (QED) is 0.0321. The van der Waals surface area contributed by atoms with E-state index in [0.717, 1.165) is 57.8 Å². The highest BCUT2D eigenvalue weighted by atomic mass is 16.5. The second-order valence-electron chi connectivity index (χ2n) is 20.7. The molecule has 0 spiro atoms. The van der Waals surface area contributed by atoms with E-state index in [4.69, 9.17) is 4.74 Å². The summed E-state index contributed by atoms with van der Waals surface area (Å²) in [6, 6.07) is -0.550. The second-order valence-corrected chi connectivity index (χ2v) is 20.7. The van der Waals surface area contributed by atoms with E-state index in [-0.39, 0.29) is 18.5 Å². The number of carbonyl (C=O) groups is 2. The molecule has 0 aliphatic heterocycles. The fourth-order valence-electron chi connectivity index (χ4n) is 9.24. The van der Waals surface area contributed by atoms with Gasteiger partial charge in [-0.05, 0) is 77.0 Å². The molecule has 0 aromatic rings. The van der Waals surface area contributed by atoms with Gasteiger partial charge in [0.25, 0.3) is 0 Å². The summed E-state index contributed by atoms with van der Waals surface area (Å²) in [4.78, 5) is 24.5. The van der Waals surface area contributed by atoms with Crippen LogP contribution in [0.2, 0.25) is 0 Å². The fraction of sp³-hybridized carbons (Fsp3) is 0.871. The van der Waals surface area contributed by atoms with Crippen molar-refractivity contribution >= 4 is 11.9 Å². The summed E-state index contributed by atoms with van der Waals surface area (Å²) in [5.74, 6) is -0.0479. The number of nitrogens with one attached hydrogen (secondary N) is 1. The van der Waals surface area contributed by atoms with Crippen LogP contribution in [0.1, 0.15) is 322 Å². The predicted molar refractivity (Wildman–Crippen MR) is 296 cm³/mol. The monoisotopic (exact) mass is 956 g/mol. The van der Waals surface area contributed by atoms with Crippen LogP contribution >= 0.6 is 0 Å². The third-order valence-corrected chi connectivity index (χ3v) is 13.9.